The van der Waals surface area contributed by atoms with E-state index in [4.69, 9.17) is 10.5 Å². The van der Waals surface area contributed by atoms with Crippen LogP contribution in [-0.4, -0.2) is 35.5 Å². The van der Waals surface area contributed by atoms with E-state index in [2.05, 4.69) is 15.9 Å². The molecule has 1 fully saturated rings. The lowest BCUT2D eigenvalue weighted by Crippen LogP contribution is -2.51. The number of halogens is 1. The highest BCUT2D eigenvalue weighted by Gasteiger charge is 2.30. The Hall–Kier alpha value is -1.07. The topological polar surface area (TPSA) is 55.6 Å². The molecule has 0 unspecified atom stereocenters. The first-order chi connectivity index (χ1) is 9.47. The molecule has 2 N–H and O–H groups in total. The van der Waals surface area contributed by atoms with Crippen LogP contribution in [0, 0.1) is 0 Å². The van der Waals surface area contributed by atoms with Gasteiger partial charge < -0.3 is 15.4 Å². The third-order valence-corrected chi connectivity index (χ3v) is 4.15. The van der Waals surface area contributed by atoms with E-state index in [1.165, 1.54) is 0 Å². The van der Waals surface area contributed by atoms with Crippen molar-refractivity contribution in [1.82, 2.24) is 4.90 Å². The van der Waals surface area contributed by atoms with Crippen LogP contribution in [0.5, 0.6) is 5.75 Å². The Morgan fingerprint density at radius 2 is 2.30 bits per heavy atom. The molecule has 20 heavy (non-hydrogen) atoms. The van der Waals surface area contributed by atoms with Gasteiger partial charge in [0, 0.05) is 23.1 Å². The molecule has 0 radical (unpaired) electrons. The Morgan fingerprint density at radius 1 is 1.55 bits per heavy atom. The molecule has 3 atom stereocenters. The number of nitrogens with two attached hydrogens (primary N) is 1. The normalized spacial score (nSPS) is 24.3. The number of ether oxygens (including phenoxy) is 1. The van der Waals surface area contributed by atoms with Crippen LogP contribution >= 0.6 is 15.9 Å². The van der Waals surface area contributed by atoms with E-state index in [9.17, 15) is 4.79 Å². The number of rotatable bonds is 3. The van der Waals surface area contributed by atoms with Crippen molar-refractivity contribution in [2.75, 3.05) is 6.54 Å². The zero-order valence-electron chi connectivity index (χ0n) is 11.9. The highest BCUT2D eigenvalue weighted by Crippen LogP contribution is 2.21. The van der Waals surface area contributed by atoms with Crippen molar-refractivity contribution in [3.63, 3.8) is 0 Å². The molecule has 1 heterocycles. The van der Waals surface area contributed by atoms with Crippen LogP contribution in [0.3, 0.4) is 0 Å². The maximum atomic E-state index is 12.5. The number of hydrogen-bond acceptors (Lipinski definition) is 3. The summed E-state index contributed by atoms with van der Waals surface area (Å²) >= 11 is 3.39. The van der Waals surface area contributed by atoms with Crippen molar-refractivity contribution in [1.29, 1.82) is 0 Å². The minimum atomic E-state index is -0.485. The van der Waals surface area contributed by atoms with E-state index >= 15 is 0 Å². The van der Waals surface area contributed by atoms with Gasteiger partial charge in [0.05, 0.1) is 0 Å². The van der Waals surface area contributed by atoms with Crippen LogP contribution in [0.25, 0.3) is 0 Å². The van der Waals surface area contributed by atoms with Crippen molar-refractivity contribution in [3.8, 4) is 5.75 Å². The summed E-state index contributed by atoms with van der Waals surface area (Å²) in [6.45, 7) is 4.56. The summed E-state index contributed by atoms with van der Waals surface area (Å²) in [4.78, 5) is 14.3. The van der Waals surface area contributed by atoms with E-state index < -0.39 is 6.10 Å². The summed E-state index contributed by atoms with van der Waals surface area (Å²) in [7, 11) is 0. The van der Waals surface area contributed by atoms with Gasteiger partial charge in [-0.25, -0.2) is 0 Å². The van der Waals surface area contributed by atoms with Crippen molar-refractivity contribution >= 4 is 21.8 Å². The zero-order chi connectivity index (χ0) is 14.7. The van der Waals surface area contributed by atoms with Gasteiger partial charge in [-0.1, -0.05) is 22.0 Å². The van der Waals surface area contributed by atoms with Gasteiger partial charge in [-0.05, 0) is 44.9 Å². The summed E-state index contributed by atoms with van der Waals surface area (Å²) in [5, 5.41) is 0. The Bertz CT molecular complexity index is 481. The maximum absolute atomic E-state index is 12.5. The second kappa shape index (κ2) is 6.59. The SMILES string of the molecule is C[C@H](Oc1cccc(Br)c1)C(=O)N1CC[C@@H](N)C[C@H]1C. The molecular weight excluding hydrogens is 320 g/mol. The monoisotopic (exact) mass is 340 g/mol. The lowest BCUT2D eigenvalue weighted by Gasteiger charge is -2.37. The van der Waals surface area contributed by atoms with Gasteiger partial charge >= 0.3 is 0 Å². The van der Waals surface area contributed by atoms with E-state index in [-0.39, 0.29) is 18.0 Å². The highest BCUT2D eigenvalue weighted by atomic mass is 79.9. The molecule has 110 valence electrons. The fraction of sp³-hybridized carbons (Fsp3) is 0.533. The molecule has 5 heteroatoms. The number of amides is 1. The number of piperidine rings is 1. The first kappa shape index (κ1) is 15.3. The third kappa shape index (κ3) is 3.73. The Balaban J connectivity index is 1.98. The second-order valence-electron chi connectivity index (χ2n) is 5.38. The van der Waals surface area contributed by atoms with Gasteiger partial charge in [0.2, 0.25) is 0 Å². The van der Waals surface area contributed by atoms with Crippen LogP contribution in [-0.2, 0) is 4.79 Å². The summed E-state index contributed by atoms with van der Waals surface area (Å²) in [6.07, 6.45) is 1.23. The van der Waals surface area contributed by atoms with E-state index in [1.54, 1.807) is 6.92 Å². The zero-order valence-corrected chi connectivity index (χ0v) is 13.5. The van der Waals surface area contributed by atoms with Crippen molar-refractivity contribution < 1.29 is 9.53 Å². The first-order valence-electron chi connectivity index (χ1n) is 6.95. The number of benzene rings is 1. The predicted octanol–water partition coefficient (Wildman–Crippen LogP) is 2.55. The quantitative estimate of drug-likeness (QED) is 0.919. The molecule has 0 bridgehead atoms. The van der Waals surface area contributed by atoms with Gasteiger partial charge in [0.15, 0.2) is 6.10 Å². The summed E-state index contributed by atoms with van der Waals surface area (Å²) in [6, 6.07) is 7.91. The molecule has 0 spiro atoms. The molecule has 1 aromatic carbocycles. The number of carbonyl (C=O) groups excluding carboxylic acids is 1. The van der Waals surface area contributed by atoms with E-state index in [0.29, 0.717) is 12.3 Å². The largest absolute Gasteiger partial charge is 0.481 e. The molecule has 1 aromatic rings. The standard InChI is InChI=1S/C15H21BrN2O2/c1-10-8-13(17)6-7-18(10)15(19)11(2)20-14-5-3-4-12(16)9-14/h3-5,9-11,13H,6-8,17H2,1-2H3/t10-,11+,13-/m1/s1. The van der Waals surface area contributed by atoms with Gasteiger partial charge in [-0.2, -0.15) is 0 Å². The van der Waals surface area contributed by atoms with Gasteiger partial charge in [0.1, 0.15) is 5.75 Å². The van der Waals surface area contributed by atoms with Gasteiger partial charge in [0.25, 0.3) is 5.91 Å². The van der Waals surface area contributed by atoms with Crippen LogP contribution in [0.2, 0.25) is 0 Å². The summed E-state index contributed by atoms with van der Waals surface area (Å²) in [5.41, 5.74) is 5.93. The Labute approximate surface area is 128 Å². The number of hydrogen-bond donors (Lipinski definition) is 1. The molecule has 0 saturated carbocycles. The first-order valence-corrected chi connectivity index (χ1v) is 7.75. The van der Waals surface area contributed by atoms with Crippen molar-refractivity contribution in [3.05, 3.63) is 28.7 Å². The molecule has 1 aliphatic rings. The molecule has 4 nitrogen and oxygen atoms in total. The molecular formula is C15H21BrN2O2. The molecule has 1 amide bonds. The number of nitrogens with zero attached hydrogens (tertiary/aromatic N) is 1. The van der Waals surface area contributed by atoms with Gasteiger partial charge in [-0.15, -0.1) is 0 Å². The fourth-order valence-electron chi connectivity index (χ4n) is 2.56. The molecule has 0 aliphatic carbocycles. The summed E-state index contributed by atoms with van der Waals surface area (Å²) < 4.78 is 6.67. The fourth-order valence-corrected chi connectivity index (χ4v) is 2.94. The second-order valence-corrected chi connectivity index (χ2v) is 6.30. The van der Waals surface area contributed by atoms with Crippen LogP contribution in [0.1, 0.15) is 26.7 Å². The minimum Gasteiger partial charge on any atom is -0.481 e. The van der Waals surface area contributed by atoms with E-state index in [0.717, 1.165) is 17.3 Å². The van der Waals surface area contributed by atoms with Crippen LogP contribution in [0.15, 0.2) is 28.7 Å². The smallest absolute Gasteiger partial charge is 0.263 e. The molecule has 0 aromatic heterocycles. The van der Waals surface area contributed by atoms with Crippen LogP contribution in [0.4, 0.5) is 0 Å². The molecule has 1 saturated heterocycles. The molecule has 1 aliphatic heterocycles. The van der Waals surface area contributed by atoms with Gasteiger partial charge in [-0.3, -0.25) is 4.79 Å². The summed E-state index contributed by atoms with van der Waals surface area (Å²) in [5.74, 6) is 0.728. The Morgan fingerprint density at radius 3 is 2.95 bits per heavy atom. The average Bonchev–Trinajstić information content (AvgIpc) is 2.38. The lowest BCUT2D eigenvalue weighted by molar-refractivity contribution is -0.141. The van der Waals surface area contributed by atoms with E-state index in [1.807, 2.05) is 36.1 Å². The maximum Gasteiger partial charge on any atom is 0.263 e. The Kier molecular flexibility index (Phi) is 5.05. The molecule has 2 rings (SSSR count). The third-order valence-electron chi connectivity index (χ3n) is 3.66. The van der Waals surface area contributed by atoms with Crippen molar-refractivity contribution in [2.45, 2.75) is 44.9 Å². The lowest BCUT2D eigenvalue weighted by atomic mass is 9.98. The highest BCUT2D eigenvalue weighted by molar-refractivity contribution is 9.10. The predicted molar refractivity (Wildman–Crippen MR) is 82.6 cm³/mol. The average molecular weight is 341 g/mol. The number of likely N-dealkylation sites (tertiary alicyclic amines) is 1. The number of carbonyl (C=O) groups is 1. The van der Waals surface area contributed by atoms with Crippen molar-refractivity contribution in [2.24, 2.45) is 5.73 Å². The van der Waals surface area contributed by atoms with Crippen LogP contribution < -0.4 is 10.5 Å². The minimum absolute atomic E-state index is 0.0318.